The van der Waals surface area contributed by atoms with Crippen molar-refractivity contribution in [2.75, 3.05) is 6.26 Å². The zero-order chi connectivity index (χ0) is 19.1. The van der Waals surface area contributed by atoms with Crippen LogP contribution < -0.4 is 0 Å². The summed E-state index contributed by atoms with van der Waals surface area (Å²) in [7, 11) is -4.01. The molecule has 0 saturated heterocycles. The highest BCUT2D eigenvalue weighted by atomic mass is 79.9. The summed E-state index contributed by atoms with van der Waals surface area (Å²) in [5.74, 6) is -2.26. The van der Waals surface area contributed by atoms with Crippen LogP contribution in [0, 0.1) is 11.6 Å². The van der Waals surface area contributed by atoms with Crippen molar-refractivity contribution in [1.29, 1.82) is 0 Å². The molecule has 0 saturated carbocycles. The summed E-state index contributed by atoms with van der Waals surface area (Å²) in [5.41, 5.74) is 2.19. The normalized spacial score (nSPS) is 11.6. The second-order valence-corrected chi connectivity index (χ2v) is 9.40. The molecule has 26 heavy (non-hydrogen) atoms. The minimum absolute atomic E-state index is 0.201. The zero-order valence-corrected chi connectivity index (χ0v) is 17.3. The van der Waals surface area contributed by atoms with Crippen LogP contribution in [-0.2, 0) is 9.84 Å². The summed E-state index contributed by atoms with van der Waals surface area (Å²) in [6.07, 6.45) is 3.83. The molecular weight excluding hydrogens is 492 g/mol. The van der Waals surface area contributed by atoms with E-state index in [1.165, 1.54) is 6.20 Å². The quantitative estimate of drug-likeness (QED) is 0.466. The van der Waals surface area contributed by atoms with Crippen molar-refractivity contribution in [2.45, 2.75) is 4.90 Å². The van der Waals surface area contributed by atoms with E-state index >= 15 is 0 Å². The summed E-state index contributed by atoms with van der Waals surface area (Å²) in [6, 6.07) is 9.33. The van der Waals surface area contributed by atoms with E-state index < -0.39 is 26.4 Å². The van der Waals surface area contributed by atoms with Crippen LogP contribution in [0.25, 0.3) is 22.3 Å². The summed E-state index contributed by atoms with van der Waals surface area (Å²) in [6.45, 7) is 0. The molecule has 0 radical (unpaired) electrons. The van der Waals surface area contributed by atoms with Crippen LogP contribution in [-0.4, -0.2) is 19.7 Å². The van der Waals surface area contributed by atoms with Gasteiger partial charge in [-0.15, -0.1) is 0 Å². The van der Waals surface area contributed by atoms with Gasteiger partial charge in [0.1, 0.15) is 16.5 Å². The van der Waals surface area contributed by atoms with Crippen LogP contribution in [0.4, 0.5) is 8.78 Å². The Hall–Kier alpha value is -1.64. The third-order valence-corrected chi connectivity index (χ3v) is 5.72. The van der Waals surface area contributed by atoms with Crippen molar-refractivity contribution >= 4 is 41.7 Å². The Labute approximate surface area is 166 Å². The van der Waals surface area contributed by atoms with Crippen LogP contribution >= 0.6 is 31.9 Å². The topological polar surface area (TPSA) is 47.0 Å². The molecule has 0 atom stereocenters. The van der Waals surface area contributed by atoms with E-state index in [1.807, 2.05) is 18.2 Å². The fraction of sp³-hybridized carbons (Fsp3) is 0.0556. The molecule has 0 aliphatic heterocycles. The minimum atomic E-state index is -4.01. The summed E-state index contributed by atoms with van der Waals surface area (Å²) >= 11 is 6.83. The summed E-state index contributed by atoms with van der Waals surface area (Å²) in [4.78, 5) is 3.10. The third-order valence-electron chi connectivity index (χ3n) is 3.67. The van der Waals surface area contributed by atoms with Gasteiger partial charge in [0.05, 0.1) is 0 Å². The molecule has 134 valence electrons. The van der Waals surface area contributed by atoms with Gasteiger partial charge in [-0.2, -0.15) is 0 Å². The number of rotatable bonds is 3. The maximum Gasteiger partial charge on any atom is 0.181 e. The number of hydrogen-bond donors (Lipinski definition) is 0. The van der Waals surface area contributed by atoms with Crippen molar-refractivity contribution in [1.82, 2.24) is 4.98 Å². The summed E-state index contributed by atoms with van der Waals surface area (Å²) < 4.78 is 53.4. The first-order chi connectivity index (χ1) is 12.2. The SMILES string of the molecule is CS(=O)(=O)c1c(F)cc(-c2cnccc2-c2cc(Br)cc(Br)c2)cc1F. The van der Waals surface area contributed by atoms with Gasteiger partial charge in [0, 0.05) is 33.2 Å². The summed E-state index contributed by atoms with van der Waals surface area (Å²) in [5, 5.41) is 0. The van der Waals surface area contributed by atoms with Crippen LogP contribution in [0.5, 0.6) is 0 Å². The second kappa shape index (κ2) is 7.17. The Morgan fingerprint density at radius 3 is 1.96 bits per heavy atom. The van der Waals surface area contributed by atoms with Gasteiger partial charge in [-0.3, -0.25) is 4.98 Å². The molecule has 2 aromatic carbocycles. The van der Waals surface area contributed by atoms with E-state index in [1.54, 1.807) is 12.3 Å². The molecule has 0 N–H and O–H groups in total. The molecule has 3 nitrogen and oxygen atoms in total. The van der Waals surface area contributed by atoms with Gasteiger partial charge >= 0.3 is 0 Å². The number of halogens is 4. The molecule has 3 aromatic rings. The van der Waals surface area contributed by atoms with E-state index in [0.717, 1.165) is 32.9 Å². The molecule has 0 fully saturated rings. The highest BCUT2D eigenvalue weighted by Gasteiger charge is 2.22. The van der Waals surface area contributed by atoms with Crippen molar-refractivity contribution in [3.05, 3.63) is 69.4 Å². The Morgan fingerprint density at radius 2 is 1.42 bits per heavy atom. The first kappa shape index (κ1) is 19.1. The molecule has 8 heteroatoms. The Kier molecular flexibility index (Phi) is 5.28. The Balaban J connectivity index is 2.24. The van der Waals surface area contributed by atoms with E-state index in [2.05, 4.69) is 36.8 Å². The van der Waals surface area contributed by atoms with Crippen LogP contribution in [0.1, 0.15) is 0 Å². The van der Waals surface area contributed by atoms with Crippen molar-refractivity contribution in [2.24, 2.45) is 0 Å². The Bertz CT molecular complexity index is 1070. The van der Waals surface area contributed by atoms with Gasteiger partial charge in [-0.25, -0.2) is 17.2 Å². The fourth-order valence-corrected chi connectivity index (χ4v) is 4.78. The Morgan fingerprint density at radius 1 is 0.885 bits per heavy atom. The van der Waals surface area contributed by atoms with E-state index in [0.29, 0.717) is 11.1 Å². The lowest BCUT2D eigenvalue weighted by molar-refractivity contribution is 0.522. The average Bonchev–Trinajstić information content (AvgIpc) is 2.52. The van der Waals surface area contributed by atoms with Crippen LogP contribution in [0.15, 0.2) is 62.6 Å². The van der Waals surface area contributed by atoms with Crippen molar-refractivity contribution in [3.8, 4) is 22.3 Å². The molecule has 3 rings (SSSR count). The monoisotopic (exact) mass is 501 g/mol. The molecule has 1 heterocycles. The highest BCUT2D eigenvalue weighted by molar-refractivity contribution is 9.11. The predicted octanol–water partition coefficient (Wildman–Crippen LogP) is 5.62. The number of pyridine rings is 1. The average molecular weight is 503 g/mol. The first-order valence-corrected chi connectivity index (χ1v) is 10.7. The van der Waals surface area contributed by atoms with Gasteiger partial charge in [0.25, 0.3) is 0 Å². The number of benzene rings is 2. The maximum absolute atomic E-state index is 14.3. The second-order valence-electron chi connectivity index (χ2n) is 5.62. The lowest BCUT2D eigenvalue weighted by Crippen LogP contribution is -2.05. The van der Waals surface area contributed by atoms with E-state index in [4.69, 9.17) is 0 Å². The van der Waals surface area contributed by atoms with Crippen LogP contribution in [0.2, 0.25) is 0 Å². The van der Waals surface area contributed by atoms with E-state index in [-0.39, 0.29) is 5.56 Å². The lowest BCUT2D eigenvalue weighted by Gasteiger charge is -2.12. The number of nitrogens with zero attached hydrogens (tertiary/aromatic N) is 1. The van der Waals surface area contributed by atoms with Gasteiger partial charge in [0.2, 0.25) is 0 Å². The number of hydrogen-bond acceptors (Lipinski definition) is 3. The molecule has 0 aliphatic rings. The van der Waals surface area contributed by atoms with Crippen molar-refractivity contribution in [3.63, 3.8) is 0 Å². The molecule has 0 bridgehead atoms. The standard InChI is InChI=1S/C18H11Br2F2NO2S/c1-26(24,25)18-16(21)6-11(7-17(18)22)15-9-23-3-2-14(15)10-4-12(19)8-13(20)5-10/h2-9H,1H3. The fourth-order valence-electron chi connectivity index (χ4n) is 2.66. The first-order valence-electron chi connectivity index (χ1n) is 7.27. The highest BCUT2D eigenvalue weighted by Crippen LogP contribution is 2.36. The largest absolute Gasteiger partial charge is 0.264 e. The van der Waals surface area contributed by atoms with Gasteiger partial charge in [-0.05, 0) is 53.1 Å². The number of aromatic nitrogens is 1. The number of sulfone groups is 1. The molecular formula is C18H11Br2F2NO2S. The smallest absolute Gasteiger partial charge is 0.181 e. The van der Waals surface area contributed by atoms with Crippen LogP contribution in [0.3, 0.4) is 0 Å². The van der Waals surface area contributed by atoms with Gasteiger partial charge in [0.15, 0.2) is 9.84 Å². The predicted molar refractivity (Wildman–Crippen MR) is 104 cm³/mol. The van der Waals surface area contributed by atoms with Crippen molar-refractivity contribution < 1.29 is 17.2 Å². The van der Waals surface area contributed by atoms with E-state index in [9.17, 15) is 17.2 Å². The maximum atomic E-state index is 14.3. The van der Waals surface area contributed by atoms with Gasteiger partial charge < -0.3 is 0 Å². The molecule has 1 aromatic heterocycles. The third kappa shape index (κ3) is 3.87. The minimum Gasteiger partial charge on any atom is -0.264 e. The van der Waals surface area contributed by atoms with Gasteiger partial charge in [-0.1, -0.05) is 31.9 Å². The lowest BCUT2D eigenvalue weighted by atomic mass is 9.96. The molecule has 0 spiro atoms. The molecule has 0 aliphatic carbocycles. The zero-order valence-electron chi connectivity index (χ0n) is 13.3. The molecule has 0 amide bonds. The molecule has 0 unspecified atom stereocenters.